The largest absolute Gasteiger partial charge is 0.497 e. The van der Waals surface area contributed by atoms with Crippen LogP contribution >= 0.6 is 0 Å². The number of nitrogens with one attached hydrogen (secondary N) is 1. The number of hydrogen-bond acceptors (Lipinski definition) is 3. The molecule has 2 heterocycles. The van der Waals surface area contributed by atoms with Gasteiger partial charge in [-0.3, -0.25) is 4.79 Å². The van der Waals surface area contributed by atoms with Crippen molar-refractivity contribution in [1.82, 2.24) is 4.57 Å². The molecule has 29 heavy (non-hydrogen) atoms. The van der Waals surface area contributed by atoms with E-state index in [-0.39, 0.29) is 12.5 Å². The molecule has 0 unspecified atom stereocenters. The van der Waals surface area contributed by atoms with E-state index in [0.29, 0.717) is 18.0 Å². The highest BCUT2D eigenvalue weighted by atomic mass is 16.5. The fraction of sp³-hybridized carbons (Fsp3) is 0.304. The molecule has 4 rings (SSSR count). The number of carbonyl (C=O) groups is 1. The predicted octanol–water partition coefficient (Wildman–Crippen LogP) is 3.43. The normalized spacial score (nSPS) is 12.5. The molecular formula is C23H26N3O3+. The van der Waals surface area contributed by atoms with Crippen LogP contribution in [-0.4, -0.2) is 24.2 Å². The van der Waals surface area contributed by atoms with Gasteiger partial charge >= 0.3 is 0 Å². The third-order valence-corrected chi connectivity index (χ3v) is 5.15. The number of nitrogens with zero attached hydrogens (tertiary/aromatic N) is 2. The zero-order valence-electron chi connectivity index (χ0n) is 16.9. The molecule has 1 aliphatic heterocycles. The second-order valence-electron chi connectivity index (χ2n) is 7.02. The Morgan fingerprint density at radius 1 is 1.17 bits per heavy atom. The highest BCUT2D eigenvalue weighted by Gasteiger charge is 2.29. The third kappa shape index (κ3) is 3.97. The summed E-state index contributed by atoms with van der Waals surface area (Å²) >= 11 is 0. The lowest BCUT2D eigenvalue weighted by Gasteiger charge is -2.10. The Kier molecular flexibility index (Phi) is 5.51. The van der Waals surface area contributed by atoms with E-state index in [0.717, 1.165) is 36.4 Å². The fourth-order valence-electron chi connectivity index (χ4n) is 3.83. The number of hydrogen-bond donors (Lipinski definition) is 1. The highest BCUT2D eigenvalue weighted by Crippen LogP contribution is 2.27. The lowest BCUT2D eigenvalue weighted by Crippen LogP contribution is -2.42. The van der Waals surface area contributed by atoms with Crippen LogP contribution in [0.15, 0.2) is 54.7 Å². The number of methoxy groups -OCH3 is 1. The quantitative estimate of drug-likeness (QED) is 0.627. The first kappa shape index (κ1) is 19.1. The Balaban J connectivity index is 1.56. The Labute approximate surface area is 170 Å². The van der Waals surface area contributed by atoms with Gasteiger partial charge in [-0.1, -0.05) is 12.1 Å². The summed E-state index contributed by atoms with van der Waals surface area (Å²) < 4.78 is 15.2. The van der Waals surface area contributed by atoms with E-state index >= 15 is 0 Å². The Morgan fingerprint density at radius 3 is 2.72 bits per heavy atom. The fourth-order valence-corrected chi connectivity index (χ4v) is 3.83. The van der Waals surface area contributed by atoms with E-state index in [2.05, 4.69) is 32.8 Å². The summed E-state index contributed by atoms with van der Waals surface area (Å²) in [6, 6.07) is 15.6. The van der Waals surface area contributed by atoms with Crippen molar-refractivity contribution in [2.45, 2.75) is 32.9 Å². The molecule has 3 aromatic rings. The maximum atomic E-state index is 12.8. The molecule has 0 saturated heterocycles. The van der Waals surface area contributed by atoms with Crippen molar-refractivity contribution >= 4 is 11.6 Å². The first-order valence-corrected chi connectivity index (χ1v) is 9.97. The summed E-state index contributed by atoms with van der Waals surface area (Å²) in [7, 11) is 1.67. The van der Waals surface area contributed by atoms with Crippen LogP contribution in [0.25, 0.3) is 11.3 Å². The SMILES string of the molecule is CCOc1ccccc1NC(=O)C[n+]1cc(-c2ccc(OC)cc2)n2c1CCC2. The van der Waals surface area contributed by atoms with E-state index in [1.807, 2.05) is 43.3 Å². The van der Waals surface area contributed by atoms with Gasteiger partial charge in [0, 0.05) is 5.56 Å². The van der Waals surface area contributed by atoms with Gasteiger partial charge in [0.2, 0.25) is 0 Å². The zero-order chi connectivity index (χ0) is 20.2. The van der Waals surface area contributed by atoms with E-state index in [9.17, 15) is 4.79 Å². The molecule has 1 N–H and O–H groups in total. The topological polar surface area (TPSA) is 56.4 Å². The Bertz CT molecular complexity index is 1010. The van der Waals surface area contributed by atoms with Crippen molar-refractivity contribution in [2.75, 3.05) is 19.0 Å². The van der Waals surface area contributed by atoms with Crippen LogP contribution < -0.4 is 19.4 Å². The molecule has 6 heteroatoms. The van der Waals surface area contributed by atoms with E-state index in [4.69, 9.17) is 9.47 Å². The number of benzene rings is 2. The Morgan fingerprint density at radius 2 is 1.97 bits per heavy atom. The number of aromatic nitrogens is 2. The number of imidazole rings is 1. The van der Waals surface area contributed by atoms with Gasteiger partial charge in [0.1, 0.15) is 17.7 Å². The molecule has 1 amide bonds. The molecule has 0 fully saturated rings. The zero-order valence-corrected chi connectivity index (χ0v) is 16.9. The third-order valence-electron chi connectivity index (χ3n) is 5.15. The number of anilines is 1. The highest BCUT2D eigenvalue weighted by molar-refractivity contribution is 5.91. The molecule has 150 valence electrons. The minimum Gasteiger partial charge on any atom is -0.497 e. The van der Waals surface area contributed by atoms with Gasteiger partial charge in [0.15, 0.2) is 12.2 Å². The maximum absolute atomic E-state index is 12.8. The molecule has 0 radical (unpaired) electrons. The summed E-state index contributed by atoms with van der Waals surface area (Å²) in [4.78, 5) is 12.8. The van der Waals surface area contributed by atoms with Crippen LogP contribution in [0.3, 0.4) is 0 Å². The smallest absolute Gasteiger partial charge is 0.266 e. The molecule has 1 aliphatic rings. The number of fused-ring (bicyclic) bond motifs is 1. The molecule has 0 bridgehead atoms. The van der Waals surface area contributed by atoms with Gasteiger partial charge in [-0.25, -0.2) is 9.13 Å². The van der Waals surface area contributed by atoms with Gasteiger partial charge in [0.05, 0.1) is 32.4 Å². The first-order valence-electron chi connectivity index (χ1n) is 9.97. The average Bonchev–Trinajstić information content (AvgIpc) is 3.34. The number of para-hydroxylation sites is 2. The van der Waals surface area contributed by atoms with Crippen molar-refractivity contribution in [3.05, 3.63) is 60.6 Å². The van der Waals surface area contributed by atoms with E-state index in [1.165, 1.54) is 5.82 Å². The second kappa shape index (κ2) is 8.39. The molecule has 6 nitrogen and oxygen atoms in total. The summed E-state index contributed by atoms with van der Waals surface area (Å²) in [5.74, 6) is 2.64. The average molecular weight is 392 g/mol. The monoisotopic (exact) mass is 392 g/mol. The number of ether oxygens (including phenoxy) is 2. The van der Waals surface area contributed by atoms with Crippen molar-refractivity contribution in [1.29, 1.82) is 0 Å². The summed E-state index contributed by atoms with van der Waals surface area (Å²) in [6.07, 6.45) is 4.14. The minimum atomic E-state index is -0.0660. The first-order chi connectivity index (χ1) is 14.2. The molecule has 2 aromatic carbocycles. The van der Waals surface area contributed by atoms with Crippen molar-refractivity contribution in [3.8, 4) is 22.8 Å². The summed E-state index contributed by atoms with van der Waals surface area (Å²) in [6.45, 7) is 3.73. The van der Waals surface area contributed by atoms with Crippen molar-refractivity contribution in [2.24, 2.45) is 0 Å². The van der Waals surface area contributed by atoms with Crippen LogP contribution in [0.5, 0.6) is 11.5 Å². The summed E-state index contributed by atoms with van der Waals surface area (Å²) in [5.41, 5.74) is 2.95. The predicted molar refractivity (Wildman–Crippen MR) is 111 cm³/mol. The number of rotatable bonds is 7. The van der Waals surface area contributed by atoms with Crippen LogP contribution in [0.4, 0.5) is 5.69 Å². The standard InChI is InChI=1S/C23H25N3O3/c1-3-29-21-8-5-4-7-19(21)24-22(27)16-25-15-20(26-14-6-9-23(25)26)17-10-12-18(28-2)13-11-17/h4-5,7-8,10-13,15H,3,6,9,14,16H2,1-2H3/p+1. The van der Waals surface area contributed by atoms with Gasteiger partial charge in [-0.2, -0.15) is 0 Å². The van der Waals surface area contributed by atoms with Gasteiger partial charge < -0.3 is 14.8 Å². The molecule has 0 atom stereocenters. The van der Waals surface area contributed by atoms with Crippen molar-refractivity contribution in [3.63, 3.8) is 0 Å². The van der Waals surface area contributed by atoms with Crippen LogP contribution in [0.1, 0.15) is 19.2 Å². The van der Waals surface area contributed by atoms with Crippen molar-refractivity contribution < 1.29 is 18.8 Å². The summed E-state index contributed by atoms with van der Waals surface area (Å²) in [5, 5.41) is 2.99. The van der Waals surface area contributed by atoms with Gasteiger partial charge in [0.25, 0.3) is 11.7 Å². The minimum absolute atomic E-state index is 0.0660. The molecule has 0 aliphatic carbocycles. The number of carbonyl (C=O) groups excluding carboxylic acids is 1. The lowest BCUT2D eigenvalue weighted by molar-refractivity contribution is -0.690. The Hall–Kier alpha value is -3.28. The lowest BCUT2D eigenvalue weighted by atomic mass is 10.1. The molecule has 0 spiro atoms. The molecule has 1 aromatic heterocycles. The van der Waals surface area contributed by atoms with E-state index < -0.39 is 0 Å². The number of amides is 1. The molecule has 0 saturated carbocycles. The van der Waals surface area contributed by atoms with E-state index in [1.54, 1.807) is 7.11 Å². The molecular weight excluding hydrogens is 366 g/mol. The van der Waals surface area contributed by atoms with Crippen LogP contribution in [0, 0.1) is 0 Å². The van der Waals surface area contributed by atoms with Crippen LogP contribution in [-0.2, 0) is 24.3 Å². The van der Waals surface area contributed by atoms with Crippen LogP contribution in [0.2, 0.25) is 0 Å². The maximum Gasteiger partial charge on any atom is 0.266 e. The van der Waals surface area contributed by atoms with Gasteiger partial charge in [-0.15, -0.1) is 0 Å². The second-order valence-corrected chi connectivity index (χ2v) is 7.02. The van der Waals surface area contributed by atoms with Gasteiger partial charge in [-0.05, 0) is 49.7 Å².